The number of amides is 1. The number of nitrogens with zero attached hydrogens (tertiary/aromatic N) is 2. The maximum Gasteiger partial charge on any atom is 0.416 e. The van der Waals surface area contributed by atoms with Gasteiger partial charge in [0.15, 0.2) is 0 Å². The maximum atomic E-state index is 13.0. The van der Waals surface area contributed by atoms with E-state index in [1.165, 1.54) is 12.1 Å². The van der Waals surface area contributed by atoms with Crippen LogP contribution >= 0.6 is 11.6 Å². The van der Waals surface area contributed by atoms with E-state index < -0.39 is 23.7 Å². The molecule has 0 bridgehead atoms. The van der Waals surface area contributed by atoms with Crippen LogP contribution in [0.4, 0.5) is 18.9 Å². The molecule has 1 unspecified atom stereocenters. The molecule has 4 rings (SSSR count). The molecule has 8 heteroatoms. The first kappa shape index (κ1) is 20.9. The second kappa shape index (κ2) is 8.07. The number of anilines is 1. The van der Waals surface area contributed by atoms with Crippen molar-refractivity contribution in [3.8, 4) is 11.3 Å². The Morgan fingerprint density at radius 2 is 1.77 bits per heavy atom. The lowest BCUT2D eigenvalue weighted by atomic mass is 10.1. The molecule has 0 radical (unpaired) electrons. The van der Waals surface area contributed by atoms with Crippen LogP contribution in [0.15, 0.2) is 72.8 Å². The van der Waals surface area contributed by atoms with E-state index in [-0.39, 0.29) is 5.69 Å². The molecule has 1 atom stereocenters. The molecule has 0 fully saturated rings. The molecule has 4 aromatic rings. The topological polar surface area (TPSA) is 46.9 Å². The fraction of sp³-hybridized carbons (Fsp3) is 0.130. The molecule has 0 saturated carbocycles. The van der Waals surface area contributed by atoms with Crippen molar-refractivity contribution >= 4 is 34.1 Å². The summed E-state index contributed by atoms with van der Waals surface area (Å²) in [6, 6.07) is 18.5. The lowest BCUT2D eigenvalue weighted by Crippen LogP contribution is -2.24. The summed E-state index contributed by atoms with van der Waals surface area (Å²) in [5.41, 5.74) is 1.45. The molecule has 1 aromatic heterocycles. The van der Waals surface area contributed by atoms with Crippen molar-refractivity contribution in [2.45, 2.75) is 19.1 Å². The molecule has 0 aliphatic rings. The van der Waals surface area contributed by atoms with E-state index in [0.29, 0.717) is 16.2 Å². The highest BCUT2D eigenvalue weighted by Crippen LogP contribution is 2.33. The standard InChI is InChI=1S/C23H17ClF3N3O/c1-14(22(31)28-18-9-5-8-16(12-18)23(25,26)27)30-20-11-10-17(24)13-19(20)21(29-30)15-6-3-2-4-7-15/h2-14H,1H3,(H,28,31). The van der Waals surface area contributed by atoms with Gasteiger partial charge in [0.1, 0.15) is 11.7 Å². The first-order valence-electron chi connectivity index (χ1n) is 9.45. The summed E-state index contributed by atoms with van der Waals surface area (Å²) >= 11 is 6.18. The first-order chi connectivity index (χ1) is 14.7. The fourth-order valence-electron chi connectivity index (χ4n) is 3.35. The molecule has 158 valence electrons. The van der Waals surface area contributed by atoms with Gasteiger partial charge in [-0.25, -0.2) is 0 Å². The van der Waals surface area contributed by atoms with Crippen molar-refractivity contribution in [3.05, 3.63) is 83.4 Å². The second-order valence-corrected chi connectivity index (χ2v) is 7.50. The van der Waals surface area contributed by atoms with Gasteiger partial charge in [-0.05, 0) is 43.3 Å². The zero-order chi connectivity index (χ0) is 22.2. The Bertz CT molecular complexity index is 1250. The number of nitrogens with one attached hydrogen (secondary N) is 1. The van der Waals surface area contributed by atoms with Crippen LogP contribution in [0, 0.1) is 0 Å². The lowest BCUT2D eigenvalue weighted by molar-refractivity contribution is -0.137. The predicted octanol–water partition coefficient (Wildman–Crippen LogP) is 6.58. The number of hydrogen-bond donors (Lipinski definition) is 1. The van der Waals surface area contributed by atoms with Crippen LogP contribution in [-0.2, 0) is 11.0 Å². The van der Waals surface area contributed by atoms with Crippen LogP contribution in [-0.4, -0.2) is 15.7 Å². The third-order valence-corrected chi connectivity index (χ3v) is 5.15. The summed E-state index contributed by atoms with van der Waals surface area (Å²) in [5, 5.41) is 8.50. The Morgan fingerprint density at radius 3 is 2.48 bits per heavy atom. The highest BCUT2D eigenvalue weighted by Gasteiger charge is 2.30. The Labute approximate surface area is 181 Å². The smallest absolute Gasteiger partial charge is 0.324 e. The summed E-state index contributed by atoms with van der Waals surface area (Å²) in [6.07, 6.45) is -4.49. The van der Waals surface area contributed by atoms with Gasteiger partial charge >= 0.3 is 6.18 Å². The average molecular weight is 444 g/mol. The summed E-state index contributed by atoms with van der Waals surface area (Å²) in [6.45, 7) is 1.64. The minimum atomic E-state index is -4.49. The number of alkyl halides is 3. The van der Waals surface area contributed by atoms with Crippen molar-refractivity contribution in [1.29, 1.82) is 0 Å². The molecule has 0 spiro atoms. The van der Waals surface area contributed by atoms with E-state index in [4.69, 9.17) is 11.6 Å². The van der Waals surface area contributed by atoms with E-state index in [2.05, 4.69) is 10.4 Å². The van der Waals surface area contributed by atoms with Crippen molar-refractivity contribution in [3.63, 3.8) is 0 Å². The van der Waals surface area contributed by atoms with Crippen molar-refractivity contribution < 1.29 is 18.0 Å². The van der Waals surface area contributed by atoms with Crippen LogP contribution in [0.25, 0.3) is 22.2 Å². The van der Waals surface area contributed by atoms with Gasteiger partial charge in [-0.3, -0.25) is 9.48 Å². The Hall–Kier alpha value is -3.32. The van der Waals surface area contributed by atoms with Crippen LogP contribution in [0.3, 0.4) is 0 Å². The van der Waals surface area contributed by atoms with Gasteiger partial charge in [0.25, 0.3) is 0 Å². The maximum absolute atomic E-state index is 13.0. The molecule has 0 aliphatic heterocycles. The predicted molar refractivity (Wildman–Crippen MR) is 115 cm³/mol. The Kier molecular flexibility index (Phi) is 5.45. The number of hydrogen-bond acceptors (Lipinski definition) is 2. The zero-order valence-electron chi connectivity index (χ0n) is 16.3. The second-order valence-electron chi connectivity index (χ2n) is 7.06. The number of fused-ring (bicyclic) bond motifs is 1. The summed E-state index contributed by atoms with van der Waals surface area (Å²) in [4.78, 5) is 12.9. The Balaban J connectivity index is 1.70. The number of benzene rings is 3. The van der Waals surface area contributed by atoms with Crippen LogP contribution in [0.2, 0.25) is 5.02 Å². The Morgan fingerprint density at radius 1 is 1.03 bits per heavy atom. The highest BCUT2D eigenvalue weighted by molar-refractivity contribution is 6.31. The number of aromatic nitrogens is 2. The molecular formula is C23H17ClF3N3O. The van der Waals surface area contributed by atoms with Gasteiger partial charge in [0.05, 0.1) is 11.1 Å². The van der Waals surface area contributed by atoms with E-state index >= 15 is 0 Å². The molecular weight excluding hydrogens is 427 g/mol. The normalized spacial score (nSPS) is 12.7. The van der Waals surface area contributed by atoms with Gasteiger partial charge < -0.3 is 5.32 Å². The molecule has 1 amide bonds. The molecule has 1 heterocycles. The van der Waals surface area contributed by atoms with Gasteiger partial charge in [0, 0.05) is 21.7 Å². The number of carbonyl (C=O) groups excluding carboxylic acids is 1. The third kappa shape index (κ3) is 4.27. The monoisotopic (exact) mass is 443 g/mol. The first-order valence-corrected chi connectivity index (χ1v) is 9.83. The molecule has 31 heavy (non-hydrogen) atoms. The van der Waals surface area contributed by atoms with Crippen molar-refractivity contribution in [2.75, 3.05) is 5.32 Å². The van der Waals surface area contributed by atoms with Crippen LogP contribution in [0.5, 0.6) is 0 Å². The molecule has 0 saturated heterocycles. The van der Waals surface area contributed by atoms with Gasteiger partial charge in [-0.2, -0.15) is 18.3 Å². The minimum absolute atomic E-state index is 0.0643. The molecule has 3 aromatic carbocycles. The quantitative estimate of drug-likeness (QED) is 0.387. The third-order valence-electron chi connectivity index (χ3n) is 4.92. The van der Waals surface area contributed by atoms with Gasteiger partial charge in [-0.1, -0.05) is 48.0 Å². The van der Waals surface area contributed by atoms with Crippen LogP contribution in [0.1, 0.15) is 18.5 Å². The average Bonchev–Trinajstić information content (AvgIpc) is 3.12. The van der Waals surface area contributed by atoms with Crippen molar-refractivity contribution in [1.82, 2.24) is 9.78 Å². The SMILES string of the molecule is CC(C(=O)Nc1cccc(C(F)(F)F)c1)n1nc(-c2ccccc2)c2cc(Cl)ccc21. The molecule has 4 nitrogen and oxygen atoms in total. The van der Waals surface area contributed by atoms with Crippen LogP contribution < -0.4 is 5.32 Å². The van der Waals surface area contributed by atoms with E-state index in [0.717, 1.165) is 23.1 Å². The molecule has 0 aliphatic carbocycles. The fourth-order valence-corrected chi connectivity index (χ4v) is 3.52. The van der Waals surface area contributed by atoms with Gasteiger partial charge in [0.2, 0.25) is 5.91 Å². The van der Waals surface area contributed by atoms with E-state index in [1.54, 1.807) is 29.8 Å². The largest absolute Gasteiger partial charge is 0.416 e. The summed E-state index contributed by atoms with van der Waals surface area (Å²) < 4.78 is 40.4. The van der Waals surface area contributed by atoms with E-state index in [1.807, 2.05) is 30.3 Å². The highest BCUT2D eigenvalue weighted by atomic mass is 35.5. The number of halogens is 4. The summed E-state index contributed by atoms with van der Waals surface area (Å²) in [5.74, 6) is -0.488. The number of carbonyl (C=O) groups is 1. The van der Waals surface area contributed by atoms with Gasteiger partial charge in [-0.15, -0.1) is 0 Å². The number of rotatable bonds is 4. The lowest BCUT2D eigenvalue weighted by Gasteiger charge is -2.15. The zero-order valence-corrected chi connectivity index (χ0v) is 17.1. The minimum Gasteiger partial charge on any atom is -0.324 e. The van der Waals surface area contributed by atoms with Crippen molar-refractivity contribution in [2.24, 2.45) is 0 Å². The molecule has 1 N–H and O–H groups in total. The van der Waals surface area contributed by atoms with E-state index in [9.17, 15) is 18.0 Å². The summed E-state index contributed by atoms with van der Waals surface area (Å²) in [7, 11) is 0.